The largest absolute Gasteiger partial charge is 0.467 e. The van der Waals surface area contributed by atoms with Crippen LogP contribution >= 0.6 is 0 Å². The Morgan fingerprint density at radius 3 is 2.57 bits per heavy atom. The molecule has 1 fully saturated rings. The van der Waals surface area contributed by atoms with Crippen molar-refractivity contribution in [2.45, 2.75) is 58.5 Å². The van der Waals surface area contributed by atoms with Crippen LogP contribution in [0.15, 0.2) is 24.3 Å². The minimum absolute atomic E-state index is 0.0989. The number of aromatic amines is 1. The Morgan fingerprint density at radius 1 is 1.20 bits per heavy atom. The molecule has 3 rings (SSSR count). The lowest BCUT2D eigenvalue weighted by molar-refractivity contribution is -0.146. The summed E-state index contributed by atoms with van der Waals surface area (Å²) in [6, 6.07) is 4.00. The lowest BCUT2D eigenvalue weighted by Crippen LogP contribution is -2.54. The van der Waals surface area contributed by atoms with Crippen molar-refractivity contribution in [2.24, 2.45) is 11.3 Å². The van der Waals surface area contributed by atoms with E-state index in [1.807, 2.05) is 20.8 Å². The van der Waals surface area contributed by atoms with Crippen molar-refractivity contribution >= 4 is 34.6 Å². The Labute approximate surface area is 203 Å². The first-order valence-corrected chi connectivity index (χ1v) is 11.7. The molecule has 1 aliphatic rings. The van der Waals surface area contributed by atoms with Crippen molar-refractivity contribution in [2.75, 3.05) is 13.7 Å². The standard InChI is InChI=1S/C25H33FN4O5/c1-25(2,3)13-19(30-22(32)17-11-14-7-5-9-16(26)20(14)28-17)23(33)29-18(24(34)35-4)12-15-8-6-10-27-21(15)31/h5,7,9,11,15,18-19,28H,6,8,10,12-13H2,1-4H3,(H,27,31)(H,29,33)(H,30,32)/t15-,18?,19-/m0/s1. The van der Waals surface area contributed by atoms with Gasteiger partial charge in [0.25, 0.3) is 5.91 Å². The molecule has 2 heterocycles. The highest BCUT2D eigenvalue weighted by Crippen LogP contribution is 2.23. The minimum Gasteiger partial charge on any atom is -0.467 e. The summed E-state index contributed by atoms with van der Waals surface area (Å²) in [6.07, 6.45) is 1.76. The Balaban J connectivity index is 1.78. The van der Waals surface area contributed by atoms with Gasteiger partial charge in [-0.25, -0.2) is 9.18 Å². The van der Waals surface area contributed by atoms with Crippen molar-refractivity contribution in [3.05, 3.63) is 35.8 Å². The van der Waals surface area contributed by atoms with Gasteiger partial charge in [-0.15, -0.1) is 0 Å². The number of methoxy groups -OCH3 is 1. The van der Waals surface area contributed by atoms with E-state index in [4.69, 9.17) is 4.74 Å². The second-order valence-electron chi connectivity index (χ2n) is 10.1. The highest BCUT2D eigenvalue weighted by molar-refractivity contribution is 6.00. The third-order valence-electron chi connectivity index (χ3n) is 6.01. The Bertz CT molecular complexity index is 1110. The molecule has 35 heavy (non-hydrogen) atoms. The molecule has 1 saturated heterocycles. The fourth-order valence-corrected chi connectivity index (χ4v) is 4.27. The maximum atomic E-state index is 14.0. The van der Waals surface area contributed by atoms with Crippen LogP contribution in [0.1, 0.15) is 56.9 Å². The number of fused-ring (bicyclic) bond motifs is 1. The SMILES string of the molecule is COC(=O)C(C[C@@H]1CCCNC1=O)NC(=O)[C@H](CC(C)(C)C)NC(=O)c1cc2cccc(F)c2[nH]1. The smallest absolute Gasteiger partial charge is 0.328 e. The maximum Gasteiger partial charge on any atom is 0.328 e. The minimum atomic E-state index is -1.04. The normalized spacial score (nSPS) is 17.9. The molecule has 1 unspecified atom stereocenters. The average Bonchev–Trinajstić information content (AvgIpc) is 3.24. The number of benzene rings is 1. The van der Waals surface area contributed by atoms with E-state index in [2.05, 4.69) is 20.9 Å². The first kappa shape index (κ1) is 26.2. The molecule has 0 spiro atoms. The molecule has 4 N–H and O–H groups in total. The number of carbonyl (C=O) groups is 4. The number of rotatable bonds is 8. The summed E-state index contributed by atoms with van der Waals surface area (Å²) in [6.45, 7) is 6.34. The number of amides is 3. The van der Waals surface area contributed by atoms with Gasteiger partial charge in [-0.3, -0.25) is 14.4 Å². The molecule has 0 aliphatic carbocycles. The highest BCUT2D eigenvalue weighted by atomic mass is 19.1. The van der Waals surface area contributed by atoms with Gasteiger partial charge in [-0.1, -0.05) is 32.9 Å². The third-order valence-corrected chi connectivity index (χ3v) is 6.01. The zero-order chi connectivity index (χ0) is 25.8. The molecule has 190 valence electrons. The molecular formula is C25H33FN4O5. The predicted octanol–water partition coefficient (Wildman–Crippen LogP) is 2.42. The molecule has 3 atom stereocenters. The zero-order valence-electron chi connectivity index (χ0n) is 20.5. The second kappa shape index (κ2) is 10.9. The fourth-order valence-electron chi connectivity index (χ4n) is 4.27. The van der Waals surface area contributed by atoms with E-state index in [0.717, 1.165) is 6.42 Å². The molecule has 1 aromatic carbocycles. The second-order valence-corrected chi connectivity index (χ2v) is 10.1. The van der Waals surface area contributed by atoms with Crippen LogP contribution in [0.2, 0.25) is 0 Å². The third kappa shape index (κ3) is 6.80. The van der Waals surface area contributed by atoms with Gasteiger partial charge >= 0.3 is 5.97 Å². The number of esters is 1. The quantitative estimate of drug-likeness (QED) is 0.424. The van der Waals surface area contributed by atoms with Crippen LogP contribution in [-0.2, 0) is 19.1 Å². The van der Waals surface area contributed by atoms with Crippen LogP contribution < -0.4 is 16.0 Å². The lowest BCUT2D eigenvalue weighted by atomic mass is 9.87. The van der Waals surface area contributed by atoms with E-state index in [1.54, 1.807) is 12.1 Å². The van der Waals surface area contributed by atoms with Gasteiger partial charge in [0.05, 0.1) is 12.6 Å². The van der Waals surface area contributed by atoms with Crippen LogP contribution in [-0.4, -0.2) is 54.4 Å². The van der Waals surface area contributed by atoms with Crippen molar-refractivity contribution in [1.29, 1.82) is 0 Å². The van der Waals surface area contributed by atoms with Gasteiger partial charge in [-0.2, -0.15) is 0 Å². The van der Waals surface area contributed by atoms with E-state index >= 15 is 0 Å². The monoisotopic (exact) mass is 488 g/mol. The number of nitrogens with one attached hydrogen (secondary N) is 4. The maximum absolute atomic E-state index is 14.0. The molecular weight excluding hydrogens is 455 g/mol. The summed E-state index contributed by atoms with van der Waals surface area (Å²) in [5.41, 5.74) is -0.0301. The summed E-state index contributed by atoms with van der Waals surface area (Å²) >= 11 is 0. The molecule has 10 heteroatoms. The van der Waals surface area contributed by atoms with Gasteiger partial charge in [0, 0.05) is 17.8 Å². The lowest BCUT2D eigenvalue weighted by Gasteiger charge is -2.29. The molecule has 2 aromatic rings. The van der Waals surface area contributed by atoms with E-state index in [9.17, 15) is 23.6 Å². The summed E-state index contributed by atoms with van der Waals surface area (Å²) in [4.78, 5) is 53.6. The van der Waals surface area contributed by atoms with Crippen LogP contribution in [0.5, 0.6) is 0 Å². The van der Waals surface area contributed by atoms with Crippen molar-refractivity contribution in [3.63, 3.8) is 0 Å². The first-order valence-electron chi connectivity index (χ1n) is 11.7. The summed E-state index contributed by atoms with van der Waals surface area (Å²) in [7, 11) is 1.21. The number of hydrogen-bond donors (Lipinski definition) is 4. The number of piperidine rings is 1. The fraction of sp³-hybridized carbons (Fsp3) is 0.520. The van der Waals surface area contributed by atoms with Gasteiger partial charge in [-0.05, 0) is 43.2 Å². The first-order chi connectivity index (χ1) is 16.5. The molecule has 0 bridgehead atoms. The molecule has 9 nitrogen and oxygen atoms in total. The topological polar surface area (TPSA) is 129 Å². The number of H-pyrrole nitrogens is 1. The predicted molar refractivity (Wildman–Crippen MR) is 128 cm³/mol. The van der Waals surface area contributed by atoms with Gasteiger partial charge in [0.15, 0.2) is 0 Å². The summed E-state index contributed by atoms with van der Waals surface area (Å²) < 4.78 is 18.9. The number of ether oxygens (including phenoxy) is 1. The summed E-state index contributed by atoms with van der Waals surface area (Å²) in [5.74, 6) is -2.88. The van der Waals surface area contributed by atoms with Crippen molar-refractivity contribution < 1.29 is 28.3 Å². The average molecular weight is 489 g/mol. The van der Waals surface area contributed by atoms with Gasteiger partial charge in [0.1, 0.15) is 23.6 Å². The molecule has 3 amide bonds. The van der Waals surface area contributed by atoms with E-state index in [0.29, 0.717) is 18.4 Å². The van der Waals surface area contributed by atoms with Crippen LogP contribution in [0.3, 0.4) is 0 Å². The molecule has 0 radical (unpaired) electrons. The molecule has 1 aromatic heterocycles. The van der Waals surface area contributed by atoms with E-state index in [1.165, 1.54) is 19.2 Å². The number of aromatic nitrogens is 1. The van der Waals surface area contributed by atoms with Crippen molar-refractivity contribution in [1.82, 2.24) is 20.9 Å². The summed E-state index contributed by atoms with van der Waals surface area (Å²) in [5, 5.41) is 8.68. The van der Waals surface area contributed by atoms with E-state index in [-0.39, 0.29) is 35.4 Å². The van der Waals surface area contributed by atoms with Gasteiger partial charge in [0.2, 0.25) is 11.8 Å². The van der Waals surface area contributed by atoms with Crippen LogP contribution in [0.4, 0.5) is 4.39 Å². The zero-order valence-corrected chi connectivity index (χ0v) is 20.5. The number of para-hydroxylation sites is 1. The highest BCUT2D eigenvalue weighted by Gasteiger charge is 2.34. The van der Waals surface area contributed by atoms with Crippen molar-refractivity contribution in [3.8, 4) is 0 Å². The number of hydrogen-bond acceptors (Lipinski definition) is 5. The van der Waals surface area contributed by atoms with E-state index < -0.39 is 41.6 Å². The Hall–Kier alpha value is -3.43. The number of carbonyl (C=O) groups excluding carboxylic acids is 4. The molecule has 1 aliphatic heterocycles. The Kier molecular flexibility index (Phi) is 8.14. The van der Waals surface area contributed by atoms with Crippen LogP contribution in [0, 0.1) is 17.2 Å². The number of halogens is 1. The molecule has 0 saturated carbocycles. The van der Waals surface area contributed by atoms with Crippen LogP contribution in [0.25, 0.3) is 10.9 Å². The van der Waals surface area contributed by atoms with Gasteiger partial charge < -0.3 is 25.7 Å². The Morgan fingerprint density at radius 2 is 1.94 bits per heavy atom.